The molecule has 1 aromatic carbocycles. The van der Waals surface area contributed by atoms with Crippen molar-refractivity contribution in [1.82, 2.24) is 5.32 Å². The fourth-order valence-corrected chi connectivity index (χ4v) is 1.98. The van der Waals surface area contributed by atoms with E-state index in [1.807, 2.05) is 25.2 Å². The zero-order valence-corrected chi connectivity index (χ0v) is 9.48. The normalized spacial score (nSPS) is 12.2. The van der Waals surface area contributed by atoms with Gasteiger partial charge in [0.15, 0.2) is 0 Å². The molecule has 0 bridgehead atoms. The van der Waals surface area contributed by atoms with Gasteiger partial charge in [-0.1, -0.05) is 39.5 Å². The summed E-state index contributed by atoms with van der Waals surface area (Å²) in [5.74, 6) is 2.64. The Balaban J connectivity index is 3.09. The first-order valence-electron chi connectivity index (χ1n) is 3.77. The maximum absolute atomic E-state index is 5.81. The fraction of sp³-hybridized carbons (Fsp3) is 0.200. The van der Waals surface area contributed by atoms with Gasteiger partial charge >= 0.3 is 0 Å². The highest BCUT2D eigenvalue weighted by Crippen LogP contribution is 2.26. The van der Waals surface area contributed by atoms with Gasteiger partial charge in [0.25, 0.3) is 0 Å². The lowest BCUT2D eigenvalue weighted by Crippen LogP contribution is -2.14. The van der Waals surface area contributed by atoms with Crippen molar-refractivity contribution in [2.75, 3.05) is 7.05 Å². The summed E-state index contributed by atoms with van der Waals surface area (Å²) in [6, 6.07) is 5.49. The summed E-state index contributed by atoms with van der Waals surface area (Å²) < 4.78 is 0.928. The fourth-order valence-electron chi connectivity index (χ4n) is 1.06. The van der Waals surface area contributed by atoms with E-state index < -0.39 is 0 Å². The Bertz CT molecular complexity index is 343. The third-order valence-electron chi connectivity index (χ3n) is 1.73. The van der Waals surface area contributed by atoms with Crippen LogP contribution in [0.2, 0.25) is 5.02 Å². The highest BCUT2D eigenvalue weighted by Gasteiger charge is 2.08. The molecule has 0 amide bonds. The highest BCUT2D eigenvalue weighted by molar-refractivity contribution is 9.10. The molecule has 1 atom stereocenters. The van der Waals surface area contributed by atoms with E-state index in [0.29, 0.717) is 5.02 Å². The highest BCUT2D eigenvalue weighted by atomic mass is 79.9. The van der Waals surface area contributed by atoms with Crippen LogP contribution in [0.3, 0.4) is 0 Å². The molecule has 0 aromatic heterocycles. The number of rotatable bonds is 2. The first kappa shape index (κ1) is 10.6. The summed E-state index contributed by atoms with van der Waals surface area (Å²) >= 11 is 9.22. The molecule has 68 valence electrons. The lowest BCUT2D eigenvalue weighted by atomic mass is 10.1. The maximum Gasteiger partial charge on any atom is 0.0951 e. The Morgan fingerprint density at radius 2 is 2.31 bits per heavy atom. The first-order chi connectivity index (χ1) is 6.19. The summed E-state index contributed by atoms with van der Waals surface area (Å²) in [4.78, 5) is 0. The zero-order chi connectivity index (χ0) is 9.84. The van der Waals surface area contributed by atoms with Crippen LogP contribution in [0, 0.1) is 12.3 Å². The van der Waals surface area contributed by atoms with Crippen LogP contribution in [0.25, 0.3) is 0 Å². The van der Waals surface area contributed by atoms with Gasteiger partial charge in [-0.3, -0.25) is 0 Å². The minimum absolute atomic E-state index is 0.0772. The molecule has 0 radical (unpaired) electrons. The molecule has 1 nitrogen and oxygen atoms in total. The Morgan fingerprint density at radius 3 is 2.77 bits per heavy atom. The molecule has 1 aromatic rings. The van der Waals surface area contributed by atoms with Gasteiger partial charge in [-0.25, -0.2) is 0 Å². The number of benzene rings is 1. The second kappa shape index (κ2) is 4.66. The van der Waals surface area contributed by atoms with Crippen molar-refractivity contribution in [3.8, 4) is 12.3 Å². The SMILES string of the molecule is C#CC(NC)c1ccc(Cl)cc1Br. The van der Waals surface area contributed by atoms with E-state index in [1.165, 1.54) is 0 Å². The van der Waals surface area contributed by atoms with Crippen molar-refractivity contribution in [2.45, 2.75) is 6.04 Å². The van der Waals surface area contributed by atoms with Crippen molar-refractivity contribution in [3.05, 3.63) is 33.3 Å². The van der Waals surface area contributed by atoms with Crippen LogP contribution in [0.5, 0.6) is 0 Å². The monoisotopic (exact) mass is 257 g/mol. The average Bonchev–Trinajstić information content (AvgIpc) is 2.10. The number of nitrogens with one attached hydrogen (secondary N) is 1. The Labute approximate surface area is 91.6 Å². The van der Waals surface area contributed by atoms with Gasteiger partial charge in [0.05, 0.1) is 6.04 Å². The van der Waals surface area contributed by atoms with Crippen LogP contribution in [-0.4, -0.2) is 7.05 Å². The summed E-state index contributed by atoms with van der Waals surface area (Å²) in [5.41, 5.74) is 1.02. The van der Waals surface area contributed by atoms with E-state index in [1.54, 1.807) is 0 Å². The molecule has 1 unspecified atom stereocenters. The van der Waals surface area contributed by atoms with E-state index in [0.717, 1.165) is 10.0 Å². The molecule has 0 heterocycles. The first-order valence-corrected chi connectivity index (χ1v) is 4.94. The summed E-state index contributed by atoms with van der Waals surface area (Å²) in [6.45, 7) is 0. The third-order valence-corrected chi connectivity index (χ3v) is 2.65. The zero-order valence-electron chi connectivity index (χ0n) is 7.14. The summed E-state index contributed by atoms with van der Waals surface area (Å²) in [5, 5.41) is 3.72. The number of halogens is 2. The van der Waals surface area contributed by atoms with Gasteiger partial charge in [-0.05, 0) is 24.7 Å². The van der Waals surface area contributed by atoms with Crippen molar-refractivity contribution in [2.24, 2.45) is 0 Å². The predicted octanol–water partition coefficient (Wildman–Crippen LogP) is 3.00. The quantitative estimate of drug-likeness (QED) is 0.804. The predicted molar refractivity (Wildman–Crippen MR) is 59.8 cm³/mol. The largest absolute Gasteiger partial charge is 0.303 e. The minimum Gasteiger partial charge on any atom is -0.303 e. The molecule has 0 saturated heterocycles. The van der Waals surface area contributed by atoms with Crippen molar-refractivity contribution in [3.63, 3.8) is 0 Å². The van der Waals surface area contributed by atoms with Crippen molar-refractivity contribution >= 4 is 27.5 Å². The summed E-state index contributed by atoms with van der Waals surface area (Å²) in [6.07, 6.45) is 5.36. The number of terminal acetylenes is 1. The van der Waals surface area contributed by atoms with E-state index in [9.17, 15) is 0 Å². The van der Waals surface area contributed by atoms with E-state index >= 15 is 0 Å². The average molecular weight is 259 g/mol. The maximum atomic E-state index is 5.81. The van der Waals surface area contributed by atoms with Gasteiger partial charge in [0, 0.05) is 9.50 Å². The molecule has 0 aliphatic rings. The molecule has 3 heteroatoms. The number of hydrogen-bond acceptors (Lipinski definition) is 1. The minimum atomic E-state index is -0.0772. The molecule has 0 spiro atoms. The van der Waals surface area contributed by atoms with Crippen LogP contribution < -0.4 is 5.32 Å². The van der Waals surface area contributed by atoms with Gasteiger partial charge in [0.1, 0.15) is 0 Å². The van der Waals surface area contributed by atoms with Crippen LogP contribution in [0.15, 0.2) is 22.7 Å². The molecular weight excluding hydrogens is 249 g/mol. The van der Waals surface area contributed by atoms with Crippen LogP contribution in [-0.2, 0) is 0 Å². The van der Waals surface area contributed by atoms with Gasteiger partial charge in [0.2, 0.25) is 0 Å². The second-order valence-electron chi connectivity index (χ2n) is 2.55. The van der Waals surface area contributed by atoms with Crippen molar-refractivity contribution < 1.29 is 0 Å². The van der Waals surface area contributed by atoms with Gasteiger partial charge < -0.3 is 5.32 Å². The van der Waals surface area contributed by atoms with Crippen molar-refractivity contribution in [1.29, 1.82) is 0 Å². The number of hydrogen-bond donors (Lipinski definition) is 1. The van der Waals surface area contributed by atoms with Gasteiger partial charge in [-0.2, -0.15) is 0 Å². The smallest absolute Gasteiger partial charge is 0.0951 e. The van der Waals surface area contributed by atoms with E-state index in [2.05, 4.69) is 27.2 Å². The molecular formula is C10H9BrClN. The van der Waals surface area contributed by atoms with E-state index in [4.69, 9.17) is 18.0 Å². The molecule has 0 fully saturated rings. The Hall–Kier alpha value is -0.490. The van der Waals surface area contributed by atoms with Crippen LogP contribution in [0.1, 0.15) is 11.6 Å². The summed E-state index contributed by atoms with van der Waals surface area (Å²) in [7, 11) is 1.82. The molecule has 0 aliphatic carbocycles. The Morgan fingerprint density at radius 1 is 1.62 bits per heavy atom. The molecule has 1 rings (SSSR count). The second-order valence-corrected chi connectivity index (χ2v) is 3.84. The van der Waals surface area contributed by atoms with Gasteiger partial charge in [-0.15, -0.1) is 6.42 Å². The van der Waals surface area contributed by atoms with Crippen LogP contribution in [0.4, 0.5) is 0 Å². The molecule has 0 saturated carbocycles. The lowest BCUT2D eigenvalue weighted by molar-refractivity contribution is 0.733. The lowest BCUT2D eigenvalue weighted by Gasteiger charge is -2.11. The molecule has 1 N–H and O–H groups in total. The van der Waals surface area contributed by atoms with E-state index in [-0.39, 0.29) is 6.04 Å². The molecule has 13 heavy (non-hydrogen) atoms. The Kier molecular flexibility index (Phi) is 3.80. The van der Waals surface area contributed by atoms with Crippen LogP contribution >= 0.6 is 27.5 Å². The standard InChI is InChI=1S/C10H9BrClN/c1-3-10(13-2)8-5-4-7(12)6-9(8)11/h1,4-6,10,13H,2H3. The third kappa shape index (κ3) is 2.47. The molecule has 0 aliphatic heterocycles. The topological polar surface area (TPSA) is 12.0 Å².